The lowest BCUT2D eigenvalue weighted by Crippen LogP contribution is -2.20. The number of methoxy groups -OCH3 is 1. The van der Waals surface area contributed by atoms with Crippen LogP contribution in [0.2, 0.25) is 0 Å². The first kappa shape index (κ1) is 15.4. The molecule has 3 nitrogen and oxygen atoms in total. The van der Waals surface area contributed by atoms with Crippen molar-refractivity contribution in [2.24, 2.45) is 5.73 Å². The lowest BCUT2D eigenvalue weighted by Gasteiger charge is -2.19. The van der Waals surface area contributed by atoms with Crippen LogP contribution in [0, 0.1) is 0 Å². The van der Waals surface area contributed by atoms with E-state index in [1.807, 2.05) is 42.5 Å². The van der Waals surface area contributed by atoms with Crippen LogP contribution in [0.1, 0.15) is 11.6 Å². The van der Waals surface area contributed by atoms with Gasteiger partial charge in [0.25, 0.3) is 0 Å². The summed E-state index contributed by atoms with van der Waals surface area (Å²) in [6.07, 6.45) is 0. The van der Waals surface area contributed by atoms with Crippen LogP contribution in [0.25, 0.3) is 0 Å². The minimum absolute atomic E-state index is 0.0477. The van der Waals surface area contributed by atoms with E-state index in [0.29, 0.717) is 6.54 Å². The van der Waals surface area contributed by atoms with E-state index in [9.17, 15) is 0 Å². The van der Waals surface area contributed by atoms with Crippen LogP contribution < -0.4 is 15.8 Å². The molecule has 0 amide bonds. The first-order valence-electron chi connectivity index (χ1n) is 6.19. The van der Waals surface area contributed by atoms with E-state index in [1.165, 1.54) is 0 Å². The molecule has 0 aliphatic heterocycles. The number of rotatable bonds is 5. The lowest BCUT2D eigenvalue weighted by atomic mass is 10.1. The van der Waals surface area contributed by atoms with Crippen LogP contribution in [-0.2, 0) is 0 Å². The highest BCUT2D eigenvalue weighted by molar-refractivity contribution is 9.10. The van der Waals surface area contributed by atoms with Gasteiger partial charge in [-0.25, -0.2) is 0 Å². The second kappa shape index (κ2) is 7.11. The molecule has 106 valence electrons. The summed E-state index contributed by atoms with van der Waals surface area (Å²) >= 11 is 6.97. The lowest BCUT2D eigenvalue weighted by molar-refractivity contribution is 0.412. The smallest absolute Gasteiger partial charge is 0.133 e. The Bertz CT molecular complexity index is 590. The monoisotopic (exact) mass is 398 g/mol. The molecule has 1 unspecified atom stereocenters. The summed E-state index contributed by atoms with van der Waals surface area (Å²) in [7, 11) is 1.65. The summed E-state index contributed by atoms with van der Waals surface area (Å²) < 4.78 is 7.20. The number of hydrogen-bond acceptors (Lipinski definition) is 3. The van der Waals surface area contributed by atoms with Crippen LogP contribution in [0.5, 0.6) is 5.75 Å². The third-order valence-corrected chi connectivity index (χ3v) is 4.09. The van der Waals surface area contributed by atoms with Crippen molar-refractivity contribution in [3.63, 3.8) is 0 Å². The third kappa shape index (κ3) is 3.75. The highest BCUT2D eigenvalue weighted by Gasteiger charge is 2.11. The van der Waals surface area contributed by atoms with E-state index >= 15 is 0 Å². The molecular formula is C15H16Br2N2O. The van der Waals surface area contributed by atoms with Crippen LogP contribution >= 0.6 is 31.9 Å². The maximum Gasteiger partial charge on any atom is 0.133 e. The average molecular weight is 400 g/mol. The number of hydrogen-bond donors (Lipinski definition) is 2. The van der Waals surface area contributed by atoms with Crippen LogP contribution in [0.15, 0.2) is 51.4 Å². The summed E-state index contributed by atoms with van der Waals surface area (Å²) in [6, 6.07) is 14.1. The Hall–Kier alpha value is -1.04. The van der Waals surface area contributed by atoms with Gasteiger partial charge in [0.15, 0.2) is 0 Å². The fourth-order valence-electron chi connectivity index (χ4n) is 1.96. The Morgan fingerprint density at radius 2 is 2.00 bits per heavy atom. The number of ether oxygens (including phenoxy) is 1. The van der Waals surface area contributed by atoms with E-state index in [4.69, 9.17) is 10.5 Å². The third-order valence-electron chi connectivity index (χ3n) is 2.98. The van der Waals surface area contributed by atoms with Gasteiger partial charge in [-0.1, -0.05) is 28.1 Å². The standard InChI is InChI=1S/C15H16Br2N2O/c1-20-15-6-5-10(7-13(15)17)14(9-18)19-12-4-2-3-11(16)8-12/h2-8,14,19H,9,18H2,1H3. The minimum atomic E-state index is 0.0477. The predicted molar refractivity (Wildman–Crippen MR) is 90.3 cm³/mol. The highest BCUT2D eigenvalue weighted by atomic mass is 79.9. The Kier molecular flexibility index (Phi) is 5.46. The van der Waals surface area contributed by atoms with Crippen molar-refractivity contribution >= 4 is 37.5 Å². The van der Waals surface area contributed by atoms with Crippen molar-refractivity contribution in [3.8, 4) is 5.75 Å². The Labute approximate surface area is 135 Å². The Morgan fingerprint density at radius 1 is 1.20 bits per heavy atom. The van der Waals surface area contributed by atoms with E-state index in [1.54, 1.807) is 7.11 Å². The van der Waals surface area contributed by atoms with Crippen LogP contribution in [-0.4, -0.2) is 13.7 Å². The number of halogens is 2. The summed E-state index contributed by atoms with van der Waals surface area (Å²) in [5.41, 5.74) is 8.03. The predicted octanol–water partition coefficient (Wildman–Crippen LogP) is 4.33. The van der Waals surface area contributed by atoms with Crippen LogP contribution in [0.3, 0.4) is 0 Å². The zero-order chi connectivity index (χ0) is 14.5. The maximum absolute atomic E-state index is 5.89. The molecule has 0 heterocycles. The van der Waals surface area contributed by atoms with E-state index in [2.05, 4.69) is 37.2 Å². The van der Waals surface area contributed by atoms with Crippen molar-refractivity contribution in [2.45, 2.75) is 6.04 Å². The summed E-state index contributed by atoms with van der Waals surface area (Å²) in [5.74, 6) is 0.812. The molecule has 5 heteroatoms. The van der Waals surface area contributed by atoms with Crippen LogP contribution in [0.4, 0.5) is 5.69 Å². The van der Waals surface area contributed by atoms with Gasteiger partial charge in [-0.15, -0.1) is 0 Å². The van der Waals surface area contributed by atoms with Crippen molar-refractivity contribution in [3.05, 3.63) is 57.0 Å². The van der Waals surface area contributed by atoms with E-state index in [-0.39, 0.29) is 6.04 Å². The molecule has 0 aliphatic carbocycles. The average Bonchev–Trinajstić information content (AvgIpc) is 2.44. The first-order chi connectivity index (χ1) is 9.63. The topological polar surface area (TPSA) is 47.3 Å². The summed E-state index contributed by atoms with van der Waals surface area (Å²) in [6.45, 7) is 0.505. The molecule has 0 aromatic heterocycles. The zero-order valence-corrected chi connectivity index (χ0v) is 14.2. The van der Waals surface area contributed by atoms with Gasteiger partial charge >= 0.3 is 0 Å². The SMILES string of the molecule is COc1ccc(C(CN)Nc2cccc(Br)c2)cc1Br. The van der Waals surface area contributed by atoms with Crippen molar-refractivity contribution in [1.82, 2.24) is 0 Å². The summed E-state index contributed by atoms with van der Waals surface area (Å²) in [4.78, 5) is 0. The molecule has 20 heavy (non-hydrogen) atoms. The Balaban J connectivity index is 2.22. The number of anilines is 1. The molecule has 3 N–H and O–H groups in total. The van der Waals surface area contributed by atoms with E-state index in [0.717, 1.165) is 25.9 Å². The number of nitrogens with one attached hydrogen (secondary N) is 1. The minimum Gasteiger partial charge on any atom is -0.496 e. The second-order valence-electron chi connectivity index (χ2n) is 4.34. The quantitative estimate of drug-likeness (QED) is 0.786. The molecule has 0 radical (unpaired) electrons. The van der Waals surface area contributed by atoms with Crippen molar-refractivity contribution < 1.29 is 4.74 Å². The fraction of sp³-hybridized carbons (Fsp3) is 0.200. The maximum atomic E-state index is 5.89. The molecule has 2 aromatic rings. The van der Waals surface area contributed by atoms with Gasteiger partial charge in [0.05, 0.1) is 17.6 Å². The van der Waals surface area contributed by atoms with Crippen molar-refractivity contribution in [2.75, 3.05) is 19.0 Å². The molecule has 0 bridgehead atoms. The van der Waals surface area contributed by atoms with Gasteiger partial charge < -0.3 is 15.8 Å². The van der Waals surface area contributed by atoms with Gasteiger partial charge in [-0.2, -0.15) is 0 Å². The molecule has 0 saturated carbocycles. The zero-order valence-electron chi connectivity index (χ0n) is 11.1. The fourth-order valence-corrected chi connectivity index (χ4v) is 2.91. The van der Waals surface area contributed by atoms with Gasteiger partial charge in [-0.3, -0.25) is 0 Å². The second-order valence-corrected chi connectivity index (χ2v) is 6.11. The normalized spacial score (nSPS) is 12.0. The first-order valence-corrected chi connectivity index (χ1v) is 7.78. The Morgan fingerprint density at radius 3 is 2.60 bits per heavy atom. The van der Waals surface area contributed by atoms with Gasteiger partial charge in [0.1, 0.15) is 5.75 Å². The molecule has 0 aliphatic rings. The summed E-state index contributed by atoms with van der Waals surface area (Å²) in [5, 5.41) is 3.43. The molecule has 1 atom stereocenters. The van der Waals surface area contributed by atoms with E-state index < -0.39 is 0 Å². The molecule has 0 fully saturated rings. The van der Waals surface area contributed by atoms with Crippen molar-refractivity contribution in [1.29, 1.82) is 0 Å². The van der Waals surface area contributed by atoms with Gasteiger partial charge in [0, 0.05) is 16.7 Å². The van der Waals surface area contributed by atoms with Gasteiger partial charge in [-0.05, 0) is 51.8 Å². The number of nitrogens with two attached hydrogens (primary N) is 1. The number of benzene rings is 2. The molecular weight excluding hydrogens is 384 g/mol. The molecule has 2 aromatic carbocycles. The molecule has 0 saturated heterocycles. The molecule has 0 spiro atoms. The largest absolute Gasteiger partial charge is 0.496 e. The molecule has 2 rings (SSSR count). The van der Waals surface area contributed by atoms with Gasteiger partial charge in [0.2, 0.25) is 0 Å². The highest BCUT2D eigenvalue weighted by Crippen LogP contribution is 2.29.